The summed E-state index contributed by atoms with van der Waals surface area (Å²) in [6.07, 6.45) is 0. The lowest BCUT2D eigenvalue weighted by atomic mass is 10.2. The predicted octanol–water partition coefficient (Wildman–Crippen LogP) is 1.61. The van der Waals surface area contributed by atoms with Crippen molar-refractivity contribution in [2.24, 2.45) is 0 Å². The molecule has 1 aromatic rings. The SMILES string of the molecule is CC(=O)CSc1n[nH]c(C(C)C)n1. The molecule has 1 rings (SSSR count). The zero-order valence-corrected chi connectivity index (χ0v) is 8.81. The van der Waals surface area contributed by atoms with Gasteiger partial charge in [-0.25, -0.2) is 4.98 Å². The Morgan fingerprint density at radius 1 is 1.62 bits per heavy atom. The Labute approximate surface area is 81.5 Å². The fraction of sp³-hybridized carbons (Fsp3) is 0.625. The van der Waals surface area contributed by atoms with E-state index < -0.39 is 0 Å². The highest BCUT2D eigenvalue weighted by molar-refractivity contribution is 7.99. The number of nitrogens with zero attached hydrogens (tertiary/aromatic N) is 2. The number of Topliss-reactive ketones (excluding diaryl/α,β-unsaturated/α-hetero) is 1. The van der Waals surface area contributed by atoms with Gasteiger partial charge >= 0.3 is 0 Å². The third-order valence-corrected chi connectivity index (χ3v) is 2.43. The molecule has 0 radical (unpaired) electrons. The molecule has 0 atom stereocenters. The summed E-state index contributed by atoms with van der Waals surface area (Å²) in [5.74, 6) is 1.79. The van der Waals surface area contributed by atoms with Crippen LogP contribution in [0.25, 0.3) is 0 Å². The number of aromatic amines is 1. The standard InChI is InChI=1S/C8H13N3OS/c1-5(2)7-9-8(11-10-7)13-4-6(3)12/h5H,4H2,1-3H3,(H,9,10,11). The Kier molecular flexibility index (Phi) is 3.48. The van der Waals surface area contributed by atoms with Gasteiger partial charge in [-0.2, -0.15) is 0 Å². The molecule has 0 aliphatic rings. The molecular formula is C8H13N3OS. The van der Waals surface area contributed by atoms with E-state index in [0.717, 1.165) is 5.82 Å². The average Bonchev–Trinajstić information content (AvgIpc) is 2.48. The van der Waals surface area contributed by atoms with Crippen molar-refractivity contribution in [3.05, 3.63) is 5.82 Å². The number of ketones is 1. The minimum Gasteiger partial charge on any atom is -0.299 e. The second-order valence-corrected chi connectivity index (χ2v) is 4.09. The summed E-state index contributed by atoms with van der Waals surface area (Å²) in [5, 5.41) is 7.47. The van der Waals surface area contributed by atoms with Gasteiger partial charge in [-0.1, -0.05) is 25.6 Å². The Bertz CT molecular complexity index is 295. The molecule has 1 heterocycles. The van der Waals surface area contributed by atoms with Crippen LogP contribution in [0.15, 0.2) is 5.16 Å². The van der Waals surface area contributed by atoms with Crippen LogP contribution in [0.1, 0.15) is 32.5 Å². The van der Waals surface area contributed by atoms with Crippen molar-refractivity contribution in [3.63, 3.8) is 0 Å². The summed E-state index contributed by atoms with van der Waals surface area (Å²) in [6.45, 7) is 5.64. The molecule has 0 saturated heterocycles. The van der Waals surface area contributed by atoms with E-state index in [0.29, 0.717) is 16.8 Å². The molecule has 0 bridgehead atoms. The number of carbonyl (C=O) groups is 1. The van der Waals surface area contributed by atoms with E-state index in [1.165, 1.54) is 11.8 Å². The first-order valence-electron chi connectivity index (χ1n) is 4.14. The minimum absolute atomic E-state index is 0.140. The average molecular weight is 199 g/mol. The molecule has 0 saturated carbocycles. The predicted molar refractivity (Wildman–Crippen MR) is 51.9 cm³/mol. The van der Waals surface area contributed by atoms with Gasteiger partial charge in [-0.3, -0.25) is 9.89 Å². The first kappa shape index (κ1) is 10.2. The number of aromatic nitrogens is 3. The van der Waals surface area contributed by atoms with E-state index in [2.05, 4.69) is 15.2 Å². The van der Waals surface area contributed by atoms with Gasteiger partial charge < -0.3 is 0 Å². The minimum atomic E-state index is 0.140. The Hall–Kier alpha value is -0.840. The molecule has 13 heavy (non-hydrogen) atoms. The van der Waals surface area contributed by atoms with E-state index in [-0.39, 0.29) is 5.78 Å². The first-order chi connectivity index (χ1) is 6.09. The first-order valence-corrected chi connectivity index (χ1v) is 5.12. The van der Waals surface area contributed by atoms with Crippen LogP contribution in [-0.4, -0.2) is 26.7 Å². The molecule has 0 aliphatic carbocycles. The third kappa shape index (κ3) is 3.18. The molecule has 0 amide bonds. The topological polar surface area (TPSA) is 58.6 Å². The van der Waals surface area contributed by atoms with Gasteiger partial charge in [-0.15, -0.1) is 5.10 Å². The molecule has 0 aromatic carbocycles. The highest BCUT2D eigenvalue weighted by Crippen LogP contribution is 2.15. The number of hydrogen-bond donors (Lipinski definition) is 1. The number of thioether (sulfide) groups is 1. The van der Waals surface area contributed by atoms with Crippen molar-refractivity contribution in [1.29, 1.82) is 0 Å². The second kappa shape index (κ2) is 4.41. The van der Waals surface area contributed by atoms with Crippen molar-refractivity contribution in [2.75, 3.05) is 5.75 Å². The van der Waals surface area contributed by atoms with Gasteiger partial charge in [0.25, 0.3) is 0 Å². The van der Waals surface area contributed by atoms with Gasteiger partial charge in [0.2, 0.25) is 5.16 Å². The van der Waals surface area contributed by atoms with Crippen LogP contribution in [0, 0.1) is 0 Å². The smallest absolute Gasteiger partial charge is 0.208 e. The largest absolute Gasteiger partial charge is 0.299 e. The molecule has 0 spiro atoms. The number of hydrogen-bond acceptors (Lipinski definition) is 4. The highest BCUT2D eigenvalue weighted by Gasteiger charge is 2.07. The van der Waals surface area contributed by atoms with Crippen LogP contribution in [0.4, 0.5) is 0 Å². The van der Waals surface area contributed by atoms with E-state index in [4.69, 9.17) is 0 Å². The monoisotopic (exact) mass is 199 g/mol. The van der Waals surface area contributed by atoms with Crippen LogP contribution < -0.4 is 0 Å². The molecule has 1 aromatic heterocycles. The molecule has 4 nitrogen and oxygen atoms in total. The van der Waals surface area contributed by atoms with Gasteiger partial charge in [0.05, 0.1) is 5.75 Å². The van der Waals surface area contributed by atoms with Gasteiger partial charge in [0, 0.05) is 5.92 Å². The lowest BCUT2D eigenvalue weighted by Gasteiger charge is -1.94. The summed E-state index contributed by atoms with van der Waals surface area (Å²) in [6, 6.07) is 0. The Morgan fingerprint density at radius 3 is 2.77 bits per heavy atom. The normalized spacial score (nSPS) is 10.8. The van der Waals surface area contributed by atoms with Crippen LogP contribution in [0.3, 0.4) is 0 Å². The Balaban J connectivity index is 2.54. The van der Waals surface area contributed by atoms with E-state index in [1.54, 1.807) is 6.92 Å². The Morgan fingerprint density at radius 2 is 2.31 bits per heavy atom. The summed E-state index contributed by atoms with van der Waals surface area (Å²) in [7, 11) is 0. The van der Waals surface area contributed by atoms with E-state index in [1.807, 2.05) is 13.8 Å². The molecule has 5 heteroatoms. The van der Waals surface area contributed by atoms with E-state index >= 15 is 0 Å². The number of carbonyl (C=O) groups excluding carboxylic acids is 1. The maximum Gasteiger partial charge on any atom is 0.208 e. The van der Waals surface area contributed by atoms with Crippen LogP contribution in [0.5, 0.6) is 0 Å². The molecule has 0 aliphatic heterocycles. The zero-order valence-electron chi connectivity index (χ0n) is 8.00. The van der Waals surface area contributed by atoms with Crippen molar-refractivity contribution >= 4 is 17.5 Å². The zero-order chi connectivity index (χ0) is 9.84. The van der Waals surface area contributed by atoms with Crippen molar-refractivity contribution < 1.29 is 4.79 Å². The fourth-order valence-corrected chi connectivity index (χ4v) is 1.35. The van der Waals surface area contributed by atoms with Crippen molar-refractivity contribution in [1.82, 2.24) is 15.2 Å². The van der Waals surface area contributed by atoms with Crippen molar-refractivity contribution in [3.8, 4) is 0 Å². The maximum absolute atomic E-state index is 10.7. The molecular weight excluding hydrogens is 186 g/mol. The fourth-order valence-electron chi connectivity index (χ4n) is 0.747. The van der Waals surface area contributed by atoms with Gasteiger partial charge in [0.15, 0.2) is 0 Å². The molecule has 1 N–H and O–H groups in total. The van der Waals surface area contributed by atoms with Gasteiger partial charge in [-0.05, 0) is 6.92 Å². The van der Waals surface area contributed by atoms with E-state index in [9.17, 15) is 4.79 Å². The number of H-pyrrole nitrogens is 1. The second-order valence-electron chi connectivity index (χ2n) is 3.15. The number of rotatable bonds is 4. The third-order valence-electron chi connectivity index (χ3n) is 1.43. The lowest BCUT2D eigenvalue weighted by molar-refractivity contribution is -0.114. The number of nitrogens with one attached hydrogen (secondary N) is 1. The van der Waals surface area contributed by atoms with Crippen LogP contribution in [0.2, 0.25) is 0 Å². The van der Waals surface area contributed by atoms with Crippen LogP contribution in [-0.2, 0) is 4.79 Å². The molecule has 72 valence electrons. The summed E-state index contributed by atoms with van der Waals surface area (Å²) in [4.78, 5) is 14.9. The van der Waals surface area contributed by atoms with Crippen LogP contribution >= 0.6 is 11.8 Å². The summed E-state index contributed by atoms with van der Waals surface area (Å²) in [5.41, 5.74) is 0. The van der Waals surface area contributed by atoms with Crippen molar-refractivity contribution in [2.45, 2.75) is 31.8 Å². The summed E-state index contributed by atoms with van der Waals surface area (Å²) >= 11 is 1.36. The van der Waals surface area contributed by atoms with Gasteiger partial charge in [0.1, 0.15) is 11.6 Å². The molecule has 0 fully saturated rings. The maximum atomic E-state index is 10.7. The lowest BCUT2D eigenvalue weighted by Crippen LogP contribution is -1.93. The molecule has 0 unspecified atom stereocenters. The quantitative estimate of drug-likeness (QED) is 0.748. The summed E-state index contributed by atoms with van der Waals surface area (Å²) < 4.78 is 0. The highest BCUT2D eigenvalue weighted by atomic mass is 32.2.